The van der Waals surface area contributed by atoms with Gasteiger partial charge in [0.1, 0.15) is 11.4 Å². The number of hydrogen-bond donors (Lipinski definition) is 2. The monoisotopic (exact) mass is 483 g/mol. The molecule has 0 radical (unpaired) electrons. The molecular formula is C20H26ClN5O5S. The van der Waals surface area contributed by atoms with Gasteiger partial charge in [-0.05, 0) is 52.0 Å². The van der Waals surface area contributed by atoms with E-state index in [2.05, 4.69) is 16.0 Å². The molecule has 1 aromatic heterocycles. The van der Waals surface area contributed by atoms with Crippen LogP contribution in [-0.4, -0.2) is 59.6 Å². The van der Waals surface area contributed by atoms with E-state index in [-0.39, 0.29) is 47.3 Å². The van der Waals surface area contributed by atoms with E-state index in [4.69, 9.17) is 16.3 Å². The zero-order valence-corrected chi connectivity index (χ0v) is 19.8. The molecule has 10 nitrogen and oxygen atoms in total. The molecular weight excluding hydrogens is 458 g/mol. The molecule has 1 aliphatic rings. The molecule has 2 heterocycles. The fraction of sp³-hybridized carbons (Fsp3) is 0.450. The number of aromatic nitrogens is 2. The van der Waals surface area contributed by atoms with Crippen LogP contribution < -0.4 is 10.9 Å². The van der Waals surface area contributed by atoms with Crippen LogP contribution in [0.15, 0.2) is 29.2 Å². The number of hydrazine groups is 1. The lowest BCUT2D eigenvalue weighted by Gasteiger charge is -2.34. The van der Waals surface area contributed by atoms with Crippen molar-refractivity contribution in [1.82, 2.24) is 24.9 Å². The lowest BCUT2D eigenvalue weighted by molar-refractivity contribution is -0.122. The zero-order chi connectivity index (χ0) is 23.6. The number of rotatable bonds is 5. The second-order valence-electron chi connectivity index (χ2n) is 7.81. The molecule has 174 valence electrons. The molecule has 2 aromatic rings. The van der Waals surface area contributed by atoms with Crippen molar-refractivity contribution in [3.63, 3.8) is 0 Å². The van der Waals surface area contributed by atoms with E-state index in [0.29, 0.717) is 0 Å². The summed E-state index contributed by atoms with van der Waals surface area (Å²) in [7, 11) is -3.95. The van der Waals surface area contributed by atoms with E-state index in [1.807, 2.05) is 19.9 Å². The molecule has 1 aliphatic heterocycles. The Labute approximate surface area is 191 Å². The van der Waals surface area contributed by atoms with Crippen molar-refractivity contribution in [3.05, 3.63) is 46.2 Å². The Hall–Kier alpha value is -2.47. The molecule has 0 saturated carbocycles. The lowest BCUT2D eigenvalue weighted by Crippen LogP contribution is -2.48. The summed E-state index contributed by atoms with van der Waals surface area (Å²) in [5.41, 5.74) is 6.21. The highest BCUT2D eigenvalue weighted by molar-refractivity contribution is 7.89. The van der Waals surface area contributed by atoms with Gasteiger partial charge in [-0.2, -0.15) is 9.40 Å². The summed E-state index contributed by atoms with van der Waals surface area (Å²) in [6.45, 7) is 7.50. The number of sulfonamides is 1. The number of carbonyl (C=O) groups excluding carboxylic acids is 2. The number of amides is 2. The highest BCUT2D eigenvalue weighted by Crippen LogP contribution is 2.28. The molecule has 2 atom stereocenters. The third kappa shape index (κ3) is 5.47. The predicted molar refractivity (Wildman–Crippen MR) is 118 cm³/mol. The van der Waals surface area contributed by atoms with Gasteiger partial charge in [0.25, 0.3) is 11.8 Å². The molecule has 0 spiro atoms. The maximum Gasteiger partial charge on any atom is 0.269 e. The van der Waals surface area contributed by atoms with Gasteiger partial charge in [-0.15, -0.1) is 0 Å². The number of nitrogens with one attached hydrogen (secondary N) is 2. The average Bonchev–Trinajstić information content (AvgIpc) is 3.02. The van der Waals surface area contributed by atoms with Crippen LogP contribution >= 0.6 is 11.6 Å². The molecule has 2 N–H and O–H groups in total. The van der Waals surface area contributed by atoms with Crippen LogP contribution in [0.5, 0.6) is 0 Å². The average molecular weight is 484 g/mol. The molecule has 1 fully saturated rings. The Morgan fingerprint density at radius 1 is 1.16 bits per heavy atom. The minimum atomic E-state index is -3.95. The van der Waals surface area contributed by atoms with Gasteiger partial charge in [0.05, 0.1) is 22.9 Å². The Bertz CT molecular complexity index is 1120. The van der Waals surface area contributed by atoms with Crippen LogP contribution in [0.25, 0.3) is 0 Å². The number of morpholine rings is 1. The number of ether oxygens (including phenoxy) is 1. The van der Waals surface area contributed by atoms with Gasteiger partial charge in [0, 0.05) is 24.3 Å². The molecule has 32 heavy (non-hydrogen) atoms. The summed E-state index contributed by atoms with van der Waals surface area (Å²) < 4.78 is 34.7. The van der Waals surface area contributed by atoms with Crippen molar-refractivity contribution in [2.75, 3.05) is 13.1 Å². The van der Waals surface area contributed by atoms with E-state index >= 15 is 0 Å². The molecule has 1 aromatic carbocycles. The van der Waals surface area contributed by atoms with E-state index in [1.54, 1.807) is 13.8 Å². The molecule has 0 unspecified atom stereocenters. The Kier molecular flexibility index (Phi) is 7.23. The predicted octanol–water partition coefficient (Wildman–Crippen LogP) is 1.41. The molecule has 1 saturated heterocycles. The summed E-state index contributed by atoms with van der Waals surface area (Å²) in [5, 5.41) is 4.19. The number of benzene rings is 1. The Morgan fingerprint density at radius 2 is 1.81 bits per heavy atom. The van der Waals surface area contributed by atoms with Crippen LogP contribution in [0.3, 0.4) is 0 Å². The van der Waals surface area contributed by atoms with Crippen LogP contribution in [0.1, 0.15) is 35.6 Å². The molecule has 0 aliphatic carbocycles. The summed E-state index contributed by atoms with van der Waals surface area (Å²) in [6.07, 6.45) is -0.535. The van der Waals surface area contributed by atoms with Gasteiger partial charge < -0.3 is 4.74 Å². The van der Waals surface area contributed by atoms with Crippen LogP contribution in [-0.2, 0) is 26.1 Å². The number of halogens is 1. The van der Waals surface area contributed by atoms with E-state index in [1.165, 1.54) is 27.2 Å². The first-order chi connectivity index (χ1) is 15.0. The van der Waals surface area contributed by atoms with E-state index < -0.39 is 21.8 Å². The fourth-order valence-corrected chi connectivity index (χ4v) is 5.61. The third-order valence-corrected chi connectivity index (χ3v) is 7.22. The third-order valence-electron chi connectivity index (χ3n) is 4.91. The fourth-order valence-electron chi connectivity index (χ4n) is 3.52. The van der Waals surface area contributed by atoms with Crippen LogP contribution in [0, 0.1) is 13.8 Å². The summed E-state index contributed by atoms with van der Waals surface area (Å²) in [5.74, 6) is -1.16. The van der Waals surface area contributed by atoms with Gasteiger partial charge in [-0.3, -0.25) is 25.1 Å². The number of nitrogens with zero attached hydrogens (tertiary/aromatic N) is 3. The Balaban J connectivity index is 1.71. The minimum absolute atomic E-state index is 0.00177. The molecule has 3 rings (SSSR count). The van der Waals surface area contributed by atoms with Gasteiger partial charge >= 0.3 is 0 Å². The smallest absolute Gasteiger partial charge is 0.269 e. The molecule has 0 bridgehead atoms. The largest absolute Gasteiger partial charge is 0.373 e. The van der Waals surface area contributed by atoms with Crippen molar-refractivity contribution in [1.29, 1.82) is 0 Å². The van der Waals surface area contributed by atoms with Crippen LogP contribution in [0.4, 0.5) is 0 Å². The maximum absolute atomic E-state index is 13.2. The highest BCUT2D eigenvalue weighted by Gasteiger charge is 2.33. The Morgan fingerprint density at radius 3 is 2.41 bits per heavy atom. The second-order valence-corrected chi connectivity index (χ2v) is 10.1. The summed E-state index contributed by atoms with van der Waals surface area (Å²) in [4.78, 5) is 24.5. The maximum atomic E-state index is 13.2. The van der Waals surface area contributed by atoms with Crippen molar-refractivity contribution in [2.24, 2.45) is 0 Å². The van der Waals surface area contributed by atoms with Gasteiger partial charge in [0.2, 0.25) is 10.0 Å². The quantitative estimate of drug-likeness (QED) is 0.620. The van der Waals surface area contributed by atoms with Crippen molar-refractivity contribution >= 4 is 33.4 Å². The topological polar surface area (TPSA) is 123 Å². The summed E-state index contributed by atoms with van der Waals surface area (Å²) >= 11 is 6.16. The lowest BCUT2D eigenvalue weighted by atomic mass is 10.2. The number of carbonyl (C=O) groups is 2. The van der Waals surface area contributed by atoms with E-state index in [9.17, 15) is 18.0 Å². The van der Waals surface area contributed by atoms with Gasteiger partial charge in [-0.1, -0.05) is 11.6 Å². The second kappa shape index (κ2) is 9.57. The molecule has 12 heteroatoms. The van der Waals surface area contributed by atoms with Gasteiger partial charge in [0.15, 0.2) is 0 Å². The normalized spacial score (nSPS) is 19.5. The standard InChI is InChI=1S/C20H26ClN5O5S/c1-12-7-13(2)26(24-12)11-19(27)22-23-20(28)16-5-6-17(21)18(8-16)32(29,30)25-9-14(3)31-15(4)10-25/h5-8,14-15H,9-11H2,1-4H3,(H,22,27)(H,23,28)/t14-,15+. The minimum Gasteiger partial charge on any atom is -0.373 e. The first-order valence-electron chi connectivity index (χ1n) is 10.0. The van der Waals surface area contributed by atoms with Crippen LogP contribution in [0.2, 0.25) is 5.02 Å². The van der Waals surface area contributed by atoms with Crippen molar-refractivity contribution in [2.45, 2.75) is 51.3 Å². The summed E-state index contributed by atoms with van der Waals surface area (Å²) in [6, 6.07) is 5.76. The molecule has 2 amide bonds. The number of aryl methyl sites for hydroxylation is 2. The SMILES string of the molecule is Cc1cc(C)n(CC(=O)NNC(=O)c2ccc(Cl)c(S(=O)(=O)N3C[C@@H](C)O[C@@H](C)C3)c2)n1. The first kappa shape index (κ1) is 24.2. The first-order valence-corrected chi connectivity index (χ1v) is 11.8. The van der Waals surface area contributed by atoms with E-state index in [0.717, 1.165) is 11.4 Å². The highest BCUT2D eigenvalue weighted by atomic mass is 35.5. The zero-order valence-electron chi connectivity index (χ0n) is 18.3. The van der Waals surface area contributed by atoms with Crippen molar-refractivity contribution in [3.8, 4) is 0 Å². The van der Waals surface area contributed by atoms with Crippen molar-refractivity contribution < 1.29 is 22.7 Å². The number of hydrogen-bond acceptors (Lipinski definition) is 6. The van der Waals surface area contributed by atoms with Gasteiger partial charge in [-0.25, -0.2) is 8.42 Å².